The average Bonchev–Trinajstić information content (AvgIpc) is 3.12. The number of hydrogen-bond donors (Lipinski definition) is 1. The second kappa shape index (κ2) is 7.76. The van der Waals surface area contributed by atoms with Gasteiger partial charge in [-0.1, -0.05) is 24.3 Å². The Bertz CT molecular complexity index is 808. The summed E-state index contributed by atoms with van der Waals surface area (Å²) < 4.78 is 16.6. The number of aromatic nitrogens is 1. The Morgan fingerprint density at radius 3 is 2.62 bits per heavy atom. The molecular weight excluding hydrogens is 330 g/mol. The first kappa shape index (κ1) is 16.9. The van der Waals surface area contributed by atoms with Gasteiger partial charge in [0.05, 0.1) is 26.4 Å². The minimum Gasteiger partial charge on any atom is -0.497 e. The lowest BCUT2D eigenvalue weighted by atomic mass is 10.0. The van der Waals surface area contributed by atoms with E-state index in [0.29, 0.717) is 12.6 Å². The fourth-order valence-electron chi connectivity index (χ4n) is 3.30. The number of para-hydroxylation sites is 2. The highest BCUT2D eigenvalue weighted by Gasteiger charge is 2.23. The van der Waals surface area contributed by atoms with E-state index in [1.54, 1.807) is 7.11 Å². The van der Waals surface area contributed by atoms with Crippen LogP contribution in [0.5, 0.6) is 5.75 Å². The minimum absolute atomic E-state index is 0.208. The third kappa shape index (κ3) is 3.66. The third-order valence-corrected chi connectivity index (χ3v) is 4.73. The van der Waals surface area contributed by atoms with E-state index in [2.05, 4.69) is 27.3 Å². The van der Waals surface area contributed by atoms with Crippen LogP contribution in [0.15, 0.2) is 52.9 Å². The van der Waals surface area contributed by atoms with Gasteiger partial charge in [0.25, 0.3) is 6.01 Å². The number of hydrogen-bond acceptors (Lipinski definition) is 6. The normalized spacial score (nSPS) is 16.5. The zero-order valence-corrected chi connectivity index (χ0v) is 14.9. The van der Waals surface area contributed by atoms with Crippen LogP contribution >= 0.6 is 0 Å². The standard InChI is InChI=1S/C20H23N3O3/c1-24-16-8-6-15(7-9-16)18(23-10-12-25-13-11-23)14-21-20-22-17-4-2-3-5-19(17)26-20/h2-9,18H,10-14H2,1H3,(H,21,22)/t18-/m1/s1. The van der Waals surface area contributed by atoms with E-state index in [-0.39, 0.29) is 6.04 Å². The van der Waals surface area contributed by atoms with Crippen LogP contribution in [0.1, 0.15) is 11.6 Å². The van der Waals surface area contributed by atoms with Gasteiger partial charge in [-0.05, 0) is 29.8 Å². The van der Waals surface area contributed by atoms with Gasteiger partial charge >= 0.3 is 0 Å². The SMILES string of the molecule is COc1ccc([C@@H](CNc2nc3ccccc3o2)N2CCOCC2)cc1. The van der Waals surface area contributed by atoms with Crippen molar-refractivity contribution in [3.8, 4) is 5.75 Å². The summed E-state index contributed by atoms with van der Waals surface area (Å²) in [4.78, 5) is 6.94. The van der Waals surface area contributed by atoms with Gasteiger partial charge < -0.3 is 19.2 Å². The number of nitrogens with one attached hydrogen (secondary N) is 1. The Labute approximate surface area is 152 Å². The smallest absolute Gasteiger partial charge is 0.295 e. The fourth-order valence-corrected chi connectivity index (χ4v) is 3.30. The predicted octanol–water partition coefficient (Wildman–Crippen LogP) is 3.32. The van der Waals surface area contributed by atoms with Gasteiger partial charge in [0.2, 0.25) is 0 Å². The molecule has 0 amide bonds. The lowest BCUT2D eigenvalue weighted by Crippen LogP contribution is -2.41. The molecule has 0 bridgehead atoms. The molecule has 1 aliphatic heterocycles. The maximum atomic E-state index is 5.79. The van der Waals surface area contributed by atoms with Crippen molar-refractivity contribution in [1.29, 1.82) is 0 Å². The van der Waals surface area contributed by atoms with Crippen LogP contribution in [0.3, 0.4) is 0 Å². The Balaban J connectivity index is 1.53. The number of anilines is 1. The van der Waals surface area contributed by atoms with Crippen LogP contribution in [0.2, 0.25) is 0 Å². The molecule has 0 radical (unpaired) electrons. The number of ether oxygens (including phenoxy) is 2. The number of oxazole rings is 1. The van der Waals surface area contributed by atoms with Crippen LogP contribution < -0.4 is 10.1 Å². The Kier molecular flexibility index (Phi) is 5.04. The summed E-state index contributed by atoms with van der Waals surface area (Å²) in [6.07, 6.45) is 0. The van der Waals surface area contributed by atoms with E-state index >= 15 is 0 Å². The molecule has 0 unspecified atom stereocenters. The first-order valence-electron chi connectivity index (χ1n) is 8.89. The number of nitrogens with zero attached hydrogens (tertiary/aromatic N) is 2. The molecule has 6 nitrogen and oxygen atoms in total. The number of rotatable bonds is 6. The fraction of sp³-hybridized carbons (Fsp3) is 0.350. The van der Waals surface area contributed by atoms with Crippen LogP contribution in [-0.2, 0) is 4.74 Å². The summed E-state index contributed by atoms with van der Waals surface area (Å²) >= 11 is 0. The third-order valence-electron chi connectivity index (χ3n) is 4.73. The molecular formula is C20H23N3O3. The summed E-state index contributed by atoms with van der Waals surface area (Å²) in [6.45, 7) is 4.04. The molecule has 2 heterocycles. The molecule has 0 aliphatic carbocycles. The molecule has 1 atom stereocenters. The van der Waals surface area contributed by atoms with Crippen molar-refractivity contribution in [1.82, 2.24) is 9.88 Å². The van der Waals surface area contributed by atoms with Gasteiger partial charge in [0, 0.05) is 19.6 Å². The summed E-state index contributed by atoms with van der Waals surface area (Å²) in [5.41, 5.74) is 2.89. The van der Waals surface area contributed by atoms with Crippen molar-refractivity contribution in [3.05, 3.63) is 54.1 Å². The van der Waals surface area contributed by atoms with Gasteiger partial charge in [-0.25, -0.2) is 0 Å². The Morgan fingerprint density at radius 1 is 1.12 bits per heavy atom. The molecule has 1 N–H and O–H groups in total. The molecule has 136 valence electrons. The molecule has 26 heavy (non-hydrogen) atoms. The molecule has 4 rings (SSSR count). The maximum absolute atomic E-state index is 5.79. The molecule has 0 spiro atoms. The van der Waals surface area contributed by atoms with E-state index in [9.17, 15) is 0 Å². The van der Waals surface area contributed by atoms with Crippen LogP contribution in [0.4, 0.5) is 6.01 Å². The highest BCUT2D eigenvalue weighted by molar-refractivity contribution is 5.74. The lowest BCUT2D eigenvalue weighted by Gasteiger charge is -2.34. The second-order valence-corrected chi connectivity index (χ2v) is 6.30. The first-order chi connectivity index (χ1) is 12.8. The quantitative estimate of drug-likeness (QED) is 0.734. The molecule has 6 heteroatoms. The van der Waals surface area contributed by atoms with E-state index < -0.39 is 0 Å². The number of morpholine rings is 1. The Morgan fingerprint density at radius 2 is 1.88 bits per heavy atom. The zero-order valence-electron chi connectivity index (χ0n) is 14.9. The van der Waals surface area contributed by atoms with E-state index in [1.165, 1.54) is 5.56 Å². The van der Waals surface area contributed by atoms with Crippen molar-refractivity contribution < 1.29 is 13.9 Å². The predicted molar refractivity (Wildman–Crippen MR) is 101 cm³/mol. The number of methoxy groups -OCH3 is 1. The molecule has 1 aliphatic rings. The van der Waals surface area contributed by atoms with Crippen LogP contribution in [-0.4, -0.2) is 49.8 Å². The lowest BCUT2D eigenvalue weighted by molar-refractivity contribution is 0.0186. The molecule has 1 saturated heterocycles. The van der Waals surface area contributed by atoms with Gasteiger partial charge in [-0.2, -0.15) is 4.98 Å². The van der Waals surface area contributed by atoms with Gasteiger partial charge in [-0.3, -0.25) is 4.90 Å². The molecule has 1 fully saturated rings. The topological polar surface area (TPSA) is 59.8 Å². The van der Waals surface area contributed by atoms with Crippen LogP contribution in [0.25, 0.3) is 11.1 Å². The number of fused-ring (bicyclic) bond motifs is 1. The van der Waals surface area contributed by atoms with E-state index in [4.69, 9.17) is 13.9 Å². The highest BCUT2D eigenvalue weighted by Crippen LogP contribution is 2.25. The minimum atomic E-state index is 0.208. The van der Waals surface area contributed by atoms with Crippen molar-refractivity contribution >= 4 is 17.1 Å². The van der Waals surface area contributed by atoms with E-state index in [0.717, 1.165) is 43.2 Å². The summed E-state index contributed by atoms with van der Waals surface area (Å²) in [5, 5.41) is 3.37. The first-order valence-corrected chi connectivity index (χ1v) is 8.89. The molecule has 2 aromatic carbocycles. The average molecular weight is 353 g/mol. The van der Waals surface area contributed by atoms with Crippen molar-refractivity contribution in [2.45, 2.75) is 6.04 Å². The van der Waals surface area contributed by atoms with Crippen molar-refractivity contribution in [3.63, 3.8) is 0 Å². The molecule has 0 saturated carbocycles. The van der Waals surface area contributed by atoms with Crippen molar-refractivity contribution in [2.24, 2.45) is 0 Å². The zero-order chi connectivity index (χ0) is 17.8. The largest absolute Gasteiger partial charge is 0.497 e. The van der Waals surface area contributed by atoms with Gasteiger partial charge in [-0.15, -0.1) is 0 Å². The maximum Gasteiger partial charge on any atom is 0.295 e. The molecule has 3 aromatic rings. The summed E-state index contributed by atoms with van der Waals surface area (Å²) in [7, 11) is 1.68. The summed E-state index contributed by atoms with van der Waals surface area (Å²) in [6, 6.07) is 16.8. The van der Waals surface area contributed by atoms with Crippen LogP contribution in [0, 0.1) is 0 Å². The van der Waals surface area contributed by atoms with Gasteiger partial charge in [0.1, 0.15) is 11.3 Å². The van der Waals surface area contributed by atoms with Gasteiger partial charge in [0.15, 0.2) is 5.58 Å². The van der Waals surface area contributed by atoms with Crippen molar-refractivity contribution in [2.75, 3.05) is 45.3 Å². The monoisotopic (exact) mass is 353 g/mol. The Hall–Kier alpha value is -2.57. The molecule has 1 aromatic heterocycles. The highest BCUT2D eigenvalue weighted by atomic mass is 16.5. The number of benzene rings is 2. The summed E-state index contributed by atoms with van der Waals surface area (Å²) in [5.74, 6) is 0.862. The van der Waals surface area contributed by atoms with E-state index in [1.807, 2.05) is 36.4 Å². The second-order valence-electron chi connectivity index (χ2n) is 6.30.